The summed E-state index contributed by atoms with van der Waals surface area (Å²) in [6, 6.07) is 7.86. The van der Waals surface area contributed by atoms with Crippen molar-refractivity contribution in [2.75, 3.05) is 32.8 Å². The molecule has 0 saturated carbocycles. The lowest BCUT2D eigenvalue weighted by Crippen LogP contribution is -2.39. The minimum atomic E-state index is -0.360. The van der Waals surface area contributed by atoms with Crippen LogP contribution < -0.4 is 11.2 Å². The van der Waals surface area contributed by atoms with Gasteiger partial charge in [0.1, 0.15) is 0 Å². The Balaban J connectivity index is 1.59. The van der Waals surface area contributed by atoms with Gasteiger partial charge in [-0.05, 0) is 19.4 Å². The molecule has 0 spiro atoms. The van der Waals surface area contributed by atoms with Gasteiger partial charge in [0.05, 0.1) is 19.8 Å². The van der Waals surface area contributed by atoms with Crippen LogP contribution in [-0.2, 0) is 24.9 Å². The molecule has 1 fully saturated rings. The SMILES string of the molecule is Cc1cccc(Cn2c(=O)c3c(nc4n(CCN5CCOCC5)c(C)cn34)n(C)c2=O)c1. The average Bonchev–Trinajstić information content (AvgIpc) is 3.29. The van der Waals surface area contributed by atoms with Gasteiger partial charge in [0.2, 0.25) is 5.78 Å². The van der Waals surface area contributed by atoms with E-state index in [9.17, 15) is 9.59 Å². The molecule has 168 valence electrons. The van der Waals surface area contributed by atoms with E-state index >= 15 is 0 Å². The van der Waals surface area contributed by atoms with Crippen molar-refractivity contribution in [2.24, 2.45) is 7.05 Å². The Morgan fingerprint density at radius 1 is 1.06 bits per heavy atom. The Bertz CT molecular complexity index is 1420. The number of morpholine rings is 1. The summed E-state index contributed by atoms with van der Waals surface area (Å²) >= 11 is 0. The maximum absolute atomic E-state index is 13.4. The van der Waals surface area contributed by atoms with Gasteiger partial charge < -0.3 is 9.30 Å². The number of fused-ring (bicyclic) bond motifs is 3. The predicted molar refractivity (Wildman–Crippen MR) is 122 cm³/mol. The topological polar surface area (TPSA) is 78.7 Å². The normalized spacial score (nSPS) is 15.2. The molecule has 0 radical (unpaired) electrons. The van der Waals surface area contributed by atoms with Crippen molar-refractivity contribution in [2.45, 2.75) is 26.9 Å². The lowest BCUT2D eigenvalue weighted by atomic mass is 10.1. The first-order valence-electron chi connectivity index (χ1n) is 11.0. The van der Waals surface area contributed by atoms with E-state index in [1.54, 1.807) is 7.05 Å². The van der Waals surface area contributed by atoms with E-state index in [-0.39, 0.29) is 17.8 Å². The smallest absolute Gasteiger partial charge is 0.332 e. The summed E-state index contributed by atoms with van der Waals surface area (Å²) in [4.78, 5) is 33.6. The number of hydrogen-bond acceptors (Lipinski definition) is 5. The van der Waals surface area contributed by atoms with Gasteiger partial charge in [-0.1, -0.05) is 29.8 Å². The lowest BCUT2D eigenvalue weighted by Gasteiger charge is -2.26. The first kappa shape index (κ1) is 20.7. The van der Waals surface area contributed by atoms with Crippen LogP contribution in [0.15, 0.2) is 40.1 Å². The molecule has 0 amide bonds. The average molecular weight is 437 g/mol. The molecule has 0 aliphatic carbocycles. The summed E-state index contributed by atoms with van der Waals surface area (Å²) in [6.07, 6.45) is 1.94. The standard InChI is InChI=1S/C23H28N6O3/c1-16-5-4-6-18(13-16)15-29-21(30)19-20(25(3)23(29)31)24-22-27(17(2)14-28(19)22)8-7-26-9-11-32-12-10-26/h4-6,13-14H,7-12,15H2,1-3H3. The molecule has 9 nitrogen and oxygen atoms in total. The van der Waals surface area contributed by atoms with Crippen LogP contribution in [0.25, 0.3) is 16.9 Å². The maximum Gasteiger partial charge on any atom is 0.332 e. The second-order valence-corrected chi connectivity index (χ2v) is 8.55. The van der Waals surface area contributed by atoms with Gasteiger partial charge in [-0.25, -0.2) is 4.79 Å². The zero-order valence-corrected chi connectivity index (χ0v) is 18.7. The first-order valence-corrected chi connectivity index (χ1v) is 11.0. The van der Waals surface area contributed by atoms with Gasteiger partial charge in [-0.3, -0.25) is 23.2 Å². The van der Waals surface area contributed by atoms with E-state index < -0.39 is 0 Å². The van der Waals surface area contributed by atoms with Gasteiger partial charge in [0, 0.05) is 45.1 Å². The zero-order valence-electron chi connectivity index (χ0n) is 18.7. The van der Waals surface area contributed by atoms with Crippen LogP contribution in [0, 0.1) is 13.8 Å². The highest BCUT2D eigenvalue weighted by Crippen LogP contribution is 2.17. The molecule has 0 unspecified atom stereocenters. The van der Waals surface area contributed by atoms with E-state index in [0.29, 0.717) is 16.9 Å². The summed E-state index contributed by atoms with van der Waals surface area (Å²) in [5.41, 5.74) is 3.21. The van der Waals surface area contributed by atoms with Crippen molar-refractivity contribution in [3.8, 4) is 0 Å². The van der Waals surface area contributed by atoms with E-state index in [2.05, 4.69) is 9.47 Å². The molecular formula is C23H28N6O3. The van der Waals surface area contributed by atoms with Crippen LogP contribution in [0.4, 0.5) is 0 Å². The first-order chi connectivity index (χ1) is 15.4. The Morgan fingerprint density at radius 3 is 2.59 bits per heavy atom. The molecule has 4 heterocycles. The monoisotopic (exact) mass is 436 g/mol. The minimum absolute atomic E-state index is 0.229. The molecule has 32 heavy (non-hydrogen) atoms. The zero-order chi connectivity index (χ0) is 22.4. The summed E-state index contributed by atoms with van der Waals surface area (Å²) in [5.74, 6) is 0.686. The molecule has 3 aromatic heterocycles. The third kappa shape index (κ3) is 3.47. The van der Waals surface area contributed by atoms with E-state index in [4.69, 9.17) is 9.72 Å². The lowest BCUT2D eigenvalue weighted by molar-refractivity contribution is 0.0364. The molecule has 1 saturated heterocycles. The van der Waals surface area contributed by atoms with Crippen molar-refractivity contribution in [1.82, 2.24) is 28.0 Å². The van der Waals surface area contributed by atoms with Crippen LogP contribution >= 0.6 is 0 Å². The fraction of sp³-hybridized carbons (Fsp3) is 0.435. The minimum Gasteiger partial charge on any atom is -0.379 e. The molecule has 9 heteroatoms. The highest BCUT2D eigenvalue weighted by molar-refractivity contribution is 5.75. The highest BCUT2D eigenvalue weighted by atomic mass is 16.5. The molecule has 1 aliphatic rings. The van der Waals surface area contributed by atoms with E-state index in [1.807, 2.05) is 48.7 Å². The molecule has 1 aromatic carbocycles. The van der Waals surface area contributed by atoms with E-state index in [0.717, 1.165) is 56.2 Å². The molecule has 4 aromatic rings. The Morgan fingerprint density at radius 2 is 1.84 bits per heavy atom. The van der Waals surface area contributed by atoms with Crippen LogP contribution in [0.5, 0.6) is 0 Å². The van der Waals surface area contributed by atoms with Gasteiger partial charge in [0.25, 0.3) is 5.56 Å². The number of rotatable bonds is 5. The van der Waals surface area contributed by atoms with E-state index in [1.165, 1.54) is 9.13 Å². The summed E-state index contributed by atoms with van der Waals surface area (Å²) < 4.78 is 12.2. The van der Waals surface area contributed by atoms with Crippen LogP contribution in [0.1, 0.15) is 16.8 Å². The van der Waals surface area contributed by atoms with Crippen molar-refractivity contribution in [1.29, 1.82) is 0 Å². The molecular weight excluding hydrogens is 408 g/mol. The third-order valence-corrected chi connectivity index (χ3v) is 6.31. The maximum atomic E-state index is 13.4. The summed E-state index contributed by atoms with van der Waals surface area (Å²) in [6.45, 7) is 9.25. The Labute approximate surface area is 185 Å². The Hall–Kier alpha value is -3.17. The number of hydrogen-bond donors (Lipinski definition) is 0. The number of nitrogens with zero attached hydrogens (tertiary/aromatic N) is 6. The quantitative estimate of drug-likeness (QED) is 0.469. The van der Waals surface area contributed by atoms with Crippen LogP contribution in [-0.4, -0.2) is 60.8 Å². The van der Waals surface area contributed by atoms with Crippen LogP contribution in [0.2, 0.25) is 0 Å². The number of aromatic nitrogens is 5. The Kier molecular flexibility index (Phi) is 5.22. The molecule has 1 aliphatic heterocycles. The summed E-state index contributed by atoms with van der Waals surface area (Å²) in [7, 11) is 1.67. The van der Waals surface area contributed by atoms with Crippen molar-refractivity contribution in [3.05, 3.63) is 68.1 Å². The van der Waals surface area contributed by atoms with Crippen molar-refractivity contribution in [3.63, 3.8) is 0 Å². The fourth-order valence-electron chi connectivity index (χ4n) is 4.53. The number of ether oxygens (including phenoxy) is 1. The number of aryl methyl sites for hydroxylation is 3. The number of benzene rings is 1. The van der Waals surface area contributed by atoms with Gasteiger partial charge in [-0.15, -0.1) is 0 Å². The third-order valence-electron chi connectivity index (χ3n) is 6.31. The molecule has 0 N–H and O–H groups in total. The highest BCUT2D eigenvalue weighted by Gasteiger charge is 2.21. The molecule has 5 rings (SSSR count). The van der Waals surface area contributed by atoms with Gasteiger partial charge in [-0.2, -0.15) is 4.98 Å². The predicted octanol–water partition coefficient (Wildman–Crippen LogP) is 1.15. The number of imidazole rings is 2. The van der Waals surface area contributed by atoms with Gasteiger partial charge >= 0.3 is 5.69 Å². The van der Waals surface area contributed by atoms with Gasteiger partial charge in [0.15, 0.2) is 11.2 Å². The molecule has 0 atom stereocenters. The second-order valence-electron chi connectivity index (χ2n) is 8.55. The van der Waals surface area contributed by atoms with Crippen LogP contribution in [0.3, 0.4) is 0 Å². The summed E-state index contributed by atoms with van der Waals surface area (Å²) in [5, 5.41) is 0. The fourth-order valence-corrected chi connectivity index (χ4v) is 4.53. The second kappa shape index (κ2) is 8.07. The largest absolute Gasteiger partial charge is 0.379 e. The van der Waals surface area contributed by atoms with Crippen molar-refractivity contribution < 1.29 is 4.74 Å². The van der Waals surface area contributed by atoms with Crippen molar-refractivity contribution >= 4 is 16.9 Å². The molecule has 0 bridgehead atoms.